The first kappa shape index (κ1) is 14.0. The summed E-state index contributed by atoms with van der Waals surface area (Å²) in [5.74, 6) is 0.596. The fraction of sp³-hybridized carbons (Fsp3) is 0.625. The number of aromatic nitrogens is 1. The van der Waals surface area contributed by atoms with Gasteiger partial charge < -0.3 is 4.74 Å². The predicted molar refractivity (Wildman–Crippen MR) is 74.9 cm³/mol. The third-order valence-corrected chi connectivity index (χ3v) is 3.96. The zero-order chi connectivity index (χ0) is 13.7. The van der Waals surface area contributed by atoms with Crippen LogP contribution in [0.2, 0.25) is 0 Å². The molecule has 2 rings (SSSR count). The highest BCUT2D eigenvalue weighted by molar-refractivity contribution is 5.72. The Kier molecular flexibility index (Phi) is 4.94. The Morgan fingerprint density at radius 1 is 1.26 bits per heavy atom. The lowest BCUT2D eigenvalue weighted by molar-refractivity contribution is -0.149. The summed E-state index contributed by atoms with van der Waals surface area (Å²) >= 11 is 0. The molecule has 1 fully saturated rings. The number of carbonyl (C=O) groups is 1. The van der Waals surface area contributed by atoms with Gasteiger partial charge >= 0.3 is 5.97 Å². The van der Waals surface area contributed by atoms with Gasteiger partial charge in [0.2, 0.25) is 0 Å². The van der Waals surface area contributed by atoms with E-state index in [4.69, 9.17) is 9.72 Å². The molecule has 1 aromatic heterocycles. The summed E-state index contributed by atoms with van der Waals surface area (Å²) in [7, 11) is 0. The molecule has 0 atom stereocenters. The largest absolute Gasteiger partial charge is 0.466 e. The van der Waals surface area contributed by atoms with E-state index in [2.05, 4.69) is 25.1 Å². The number of nitrogens with zero attached hydrogens (tertiary/aromatic N) is 1. The number of rotatable bonds is 4. The van der Waals surface area contributed by atoms with E-state index < -0.39 is 0 Å². The van der Waals surface area contributed by atoms with E-state index in [1.165, 1.54) is 5.69 Å². The van der Waals surface area contributed by atoms with Crippen LogP contribution in [0.15, 0.2) is 18.2 Å². The van der Waals surface area contributed by atoms with E-state index in [1.54, 1.807) is 0 Å². The monoisotopic (exact) mass is 261 g/mol. The number of esters is 1. The highest BCUT2D eigenvalue weighted by Gasteiger charge is 2.28. The second kappa shape index (κ2) is 6.69. The summed E-state index contributed by atoms with van der Waals surface area (Å²) in [4.78, 5) is 16.4. The zero-order valence-electron chi connectivity index (χ0n) is 11.9. The number of hydrogen-bond donors (Lipinski definition) is 0. The van der Waals surface area contributed by atoms with Crippen LogP contribution >= 0.6 is 0 Å². The maximum atomic E-state index is 11.7. The Labute approximate surface area is 115 Å². The summed E-state index contributed by atoms with van der Waals surface area (Å²) in [6.07, 6.45) is 4.93. The van der Waals surface area contributed by atoms with Gasteiger partial charge in [0.25, 0.3) is 0 Å². The predicted octanol–water partition coefficient (Wildman–Crippen LogP) is 3.48. The van der Waals surface area contributed by atoms with Gasteiger partial charge in [-0.3, -0.25) is 9.78 Å². The van der Waals surface area contributed by atoms with Gasteiger partial charge in [0, 0.05) is 17.3 Å². The molecule has 19 heavy (non-hydrogen) atoms. The number of ether oxygens (including phenoxy) is 1. The quantitative estimate of drug-likeness (QED) is 0.779. The molecule has 104 valence electrons. The van der Waals surface area contributed by atoms with Crippen molar-refractivity contribution in [1.82, 2.24) is 4.98 Å². The molecule has 3 nitrogen and oxygen atoms in total. The average Bonchev–Trinajstić information content (AvgIpc) is 2.48. The molecule has 0 aliphatic heterocycles. The Morgan fingerprint density at radius 2 is 2.00 bits per heavy atom. The fourth-order valence-electron chi connectivity index (χ4n) is 2.81. The maximum absolute atomic E-state index is 11.7. The Bertz CT molecular complexity index is 423. The van der Waals surface area contributed by atoms with Crippen molar-refractivity contribution >= 4 is 5.97 Å². The first-order chi connectivity index (χ1) is 9.24. The Balaban J connectivity index is 1.94. The van der Waals surface area contributed by atoms with E-state index in [1.807, 2.05) is 6.92 Å². The van der Waals surface area contributed by atoms with Crippen molar-refractivity contribution in [3.8, 4) is 0 Å². The molecule has 1 aromatic rings. The molecular formula is C16H23NO2. The van der Waals surface area contributed by atoms with Crippen LogP contribution in [0.25, 0.3) is 0 Å². The maximum Gasteiger partial charge on any atom is 0.308 e. The molecular weight excluding hydrogens is 238 g/mol. The number of pyridine rings is 1. The van der Waals surface area contributed by atoms with Crippen LogP contribution < -0.4 is 0 Å². The van der Waals surface area contributed by atoms with E-state index in [-0.39, 0.29) is 11.9 Å². The SMILES string of the molecule is CCOC(=O)[C@H]1CC[C@H](c2cccc(CC)n2)CC1. The van der Waals surface area contributed by atoms with Gasteiger partial charge in [0.05, 0.1) is 12.5 Å². The molecule has 1 aliphatic rings. The smallest absolute Gasteiger partial charge is 0.308 e. The highest BCUT2D eigenvalue weighted by atomic mass is 16.5. The number of aryl methyl sites for hydroxylation is 1. The highest BCUT2D eigenvalue weighted by Crippen LogP contribution is 2.35. The second-order valence-corrected chi connectivity index (χ2v) is 5.21. The zero-order valence-corrected chi connectivity index (χ0v) is 11.9. The molecule has 0 unspecified atom stereocenters. The normalized spacial score (nSPS) is 23.1. The van der Waals surface area contributed by atoms with Crippen molar-refractivity contribution in [3.63, 3.8) is 0 Å². The van der Waals surface area contributed by atoms with E-state index in [0.717, 1.165) is 37.8 Å². The first-order valence-corrected chi connectivity index (χ1v) is 7.37. The summed E-state index contributed by atoms with van der Waals surface area (Å²) in [6, 6.07) is 6.29. The van der Waals surface area contributed by atoms with Gasteiger partial charge in [-0.15, -0.1) is 0 Å². The van der Waals surface area contributed by atoms with E-state index in [9.17, 15) is 4.79 Å². The van der Waals surface area contributed by atoms with Crippen LogP contribution in [-0.4, -0.2) is 17.6 Å². The van der Waals surface area contributed by atoms with Crippen molar-refractivity contribution in [1.29, 1.82) is 0 Å². The van der Waals surface area contributed by atoms with Crippen molar-refractivity contribution in [3.05, 3.63) is 29.6 Å². The van der Waals surface area contributed by atoms with Crippen LogP contribution in [0, 0.1) is 5.92 Å². The Morgan fingerprint density at radius 3 is 2.63 bits per heavy atom. The third kappa shape index (κ3) is 3.55. The molecule has 3 heteroatoms. The minimum Gasteiger partial charge on any atom is -0.466 e. The van der Waals surface area contributed by atoms with E-state index in [0.29, 0.717) is 12.5 Å². The van der Waals surface area contributed by atoms with Crippen LogP contribution in [0.4, 0.5) is 0 Å². The van der Waals surface area contributed by atoms with Gasteiger partial charge in [-0.1, -0.05) is 13.0 Å². The lowest BCUT2D eigenvalue weighted by Gasteiger charge is -2.27. The van der Waals surface area contributed by atoms with Gasteiger partial charge in [-0.25, -0.2) is 0 Å². The van der Waals surface area contributed by atoms with Crippen LogP contribution in [-0.2, 0) is 16.0 Å². The van der Waals surface area contributed by atoms with E-state index >= 15 is 0 Å². The molecule has 0 N–H and O–H groups in total. The van der Waals surface area contributed by atoms with Gasteiger partial charge in [-0.2, -0.15) is 0 Å². The van der Waals surface area contributed by atoms with Crippen LogP contribution in [0.1, 0.15) is 56.8 Å². The van der Waals surface area contributed by atoms with Gasteiger partial charge in [-0.05, 0) is 51.2 Å². The van der Waals surface area contributed by atoms with Crippen molar-refractivity contribution in [2.45, 2.75) is 51.9 Å². The summed E-state index contributed by atoms with van der Waals surface area (Å²) in [6.45, 7) is 4.48. The second-order valence-electron chi connectivity index (χ2n) is 5.21. The molecule has 1 aliphatic carbocycles. The van der Waals surface area contributed by atoms with Crippen molar-refractivity contribution in [2.75, 3.05) is 6.61 Å². The van der Waals surface area contributed by atoms with Gasteiger partial charge in [0.15, 0.2) is 0 Å². The van der Waals surface area contributed by atoms with Gasteiger partial charge in [0.1, 0.15) is 0 Å². The Hall–Kier alpha value is -1.38. The number of hydrogen-bond acceptors (Lipinski definition) is 3. The lowest BCUT2D eigenvalue weighted by atomic mass is 9.80. The molecule has 0 bridgehead atoms. The molecule has 0 saturated heterocycles. The molecule has 0 aromatic carbocycles. The summed E-state index contributed by atoms with van der Waals surface area (Å²) in [5.41, 5.74) is 2.35. The summed E-state index contributed by atoms with van der Waals surface area (Å²) < 4.78 is 5.10. The van der Waals surface area contributed by atoms with Crippen molar-refractivity contribution < 1.29 is 9.53 Å². The minimum atomic E-state index is -0.0174. The molecule has 1 saturated carbocycles. The lowest BCUT2D eigenvalue weighted by Crippen LogP contribution is -2.23. The topological polar surface area (TPSA) is 39.2 Å². The summed E-state index contributed by atoms with van der Waals surface area (Å²) in [5, 5.41) is 0. The average molecular weight is 261 g/mol. The minimum absolute atomic E-state index is 0.0174. The van der Waals surface area contributed by atoms with Crippen LogP contribution in [0.5, 0.6) is 0 Å². The van der Waals surface area contributed by atoms with Crippen molar-refractivity contribution in [2.24, 2.45) is 5.92 Å². The first-order valence-electron chi connectivity index (χ1n) is 7.37. The fourth-order valence-corrected chi connectivity index (χ4v) is 2.81. The molecule has 0 spiro atoms. The standard InChI is InChI=1S/C16H23NO2/c1-3-14-6-5-7-15(17-14)12-8-10-13(11-9-12)16(18)19-4-2/h5-7,12-13H,3-4,8-11H2,1-2H3/t12-,13-. The molecule has 1 heterocycles. The number of carbonyl (C=O) groups excluding carboxylic acids is 1. The van der Waals surface area contributed by atoms with Crippen LogP contribution in [0.3, 0.4) is 0 Å². The molecule has 0 amide bonds. The third-order valence-electron chi connectivity index (χ3n) is 3.96. The molecule has 0 radical (unpaired) electrons.